The fraction of sp³-hybridized carbons (Fsp3) is 0.438. The van der Waals surface area contributed by atoms with Gasteiger partial charge in [-0.15, -0.1) is 11.3 Å². The molecule has 3 rings (SSSR count). The first-order valence-corrected chi connectivity index (χ1v) is 8.60. The lowest BCUT2D eigenvalue weighted by atomic mass is 10.2. The van der Waals surface area contributed by atoms with Crippen LogP contribution in [0.1, 0.15) is 42.3 Å². The maximum absolute atomic E-state index is 12.8. The molecule has 1 heterocycles. The summed E-state index contributed by atoms with van der Waals surface area (Å²) in [5.74, 6) is 0.0701. The van der Waals surface area contributed by atoms with Crippen molar-refractivity contribution in [2.75, 3.05) is 12.3 Å². The SMILES string of the molecule is CCCCN(C(=O)c1sc2cccc(Cl)c2c1N)C1CC1. The number of carbonyl (C=O) groups excluding carboxylic acids is 1. The first-order valence-electron chi connectivity index (χ1n) is 7.41. The van der Waals surface area contributed by atoms with Gasteiger partial charge in [-0.1, -0.05) is 31.0 Å². The maximum atomic E-state index is 12.8. The summed E-state index contributed by atoms with van der Waals surface area (Å²) in [6, 6.07) is 6.08. The van der Waals surface area contributed by atoms with E-state index in [1.54, 1.807) is 0 Å². The summed E-state index contributed by atoms with van der Waals surface area (Å²) in [5, 5.41) is 1.44. The Morgan fingerprint density at radius 1 is 1.48 bits per heavy atom. The molecule has 1 amide bonds. The van der Waals surface area contributed by atoms with Gasteiger partial charge in [-0.25, -0.2) is 0 Å². The number of thiophene rings is 1. The highest BCUT2D eigenvalue weighted by molar-refractivity contribution is 7.21. The Hall–Kier alpha value is -1.26. The number of hydrogen-bond donors (Lipinski definition) is 1. The number of hydrogen-bond acceptors (Lipinski definition) is 3. The predicted octanol–water partition coefficient (Wildman–Crippen LogP) is 4.54. The van der Waals surface area contributed by atoms with Crippen molar-refractivity contribution in [2.45, 2.75) is 38.6 Å². The summed E-state index contributed by atoms with van der Waals surface area (Å²) < 4.78 is 0.981. The second-order valence-electron chi connectivity index (χ2n) is 5.54. The molecule has 1 aliphatic rings. The third-order valence-corrected chi connectivity index (χ3v) is 5.37. The van der Waals surface area contributed by atoms with Gasteiger partial charge in [0.2, 0.25) is 0 Å². The Kier molecular flexibility index (Phi) is 4.09. The van der Waals surface area contributed by atoms with Gasteiger partial charge in [0.1, 0.15) is 4.88 Å². The lowest BCUT2D eigenvalue weighted by Gasteiger charge is -2.21. The topological polar surface area (TPSA) is 46.3 Å². The fourth-order valence-electron chi connectivity index (χ4n) is 2.58. The van der Waals surface area contributed by atoms with Crippen LogP contribution in [-0.4, -0.2) is 23.4 Å². The zero-order chi connectivity index (χ0) is 15.0. The molecule has 2 aromatic rings. The molecule has 0 unspecified atom stereocenters. The normalized spacial score (nSPS) is 14.6. The number of nitrogens with two attached hydrogens (primary N) is 1. The number of nitrogen functional groups attached to an aromatic ring is 1. The second-order valence-corrected chi connectivity index (χ2v) is 7.00. The highest BCUT2D eigenvalue weighted by Crippen LogP contribution is 2.40. The Bertz CT molecular complexity index is 678. The minimum atomic E-state index is 0.0701. The van der Waals surface area contributed by atoms with Gasteiger partial charge in [0.25, 0.3) is 5.91 Å². The lowest BCUT2D eigenvalue weighted by molar-refractivity contribution is 0.0746. The van der Waals surface area contributed by atoms with Crippen LogP contribution in [0.15, 0.2) is 18.2 Å². The monoisotopic (exact) mass is 322 g/mol. The van der Waals surface area contributed by atoms with Crippen molar-refractivity contribution in [1.82, 2.24) is 4.90 Å². The number of benzene rings is 1. The van der Waals surface area contributed by atoms with Gasteiger partial charge in [-0.2, -0.15) is 0 Å². The number of fused-ring (bicyclic) bond motifs is 1. The minimum Gasteiger partial charge on any atom is -0.397 e. The molecule has 0 spiro atoms. The van der Waals surface area contributed by atoms with Gasteiger partial charge in [-0.3, -0.25) is 4.79 Å². The first-order chi connectivity index (χ1) is 10.1. The van der Waals surface area contributed by atoms with E-state index < -0.39 is 0 Å². The van der Waals surface area contributed by atoms with Crippen molar-refractivity contribution in [1.29, 1.82) is 0 Å². The van der Waals surface area contributed by atoms with Crippen LogP contribution in [0.25, 0.3) is 10.1 Å². The average Bonchev–Trinajstić information content (AvgIpc) is 3.24. The molecule has 0 aliphatic heterocycles. The van der Waals surface area contributed by atoms with E-state index >= 15 is 0 Å². The summed E-state index contributed by atoms with van der Waals surface area (Å²) in [6.45, 7) is 2.96. The van der Waals surface area contributed by atoms with E-state index in [4.69, 9.17) is 17.3 Å². The van der Waals surface area contributed by atoms with Gasteiger partial charge in [-0.05, 0) is 31.4 Å². The summed E-state index contributed by atoms with van der Waals surface area (Å²) >= 11 is 7.67. The highest BCUT2D eigenvalue weighted by Gasteiger charge is 2.34. The average molecular weight is 323 g/mol. The van der Waals surface area contributed by atoms with Crippen molar-refractivity contribution in [3.8, 4) is 0 Å². The fourth-order valence-corrected chi connectivity index (χ4v) is 4.02. The quantitative estimate of drug-likeness (QED) is 0.878. The zero-order valence-electron chi connectivity index (χ0n) is 12.1. The van der Waals surface area contributed by atoms with E-state index in [2.05, 4.69) is 6.92 Å². The largest absolute Gasteiger partial charge is 0.397 e. The van der Waals surface area contributed by atoms with Crippen LogP contribution in [0, 0.1) is 0 Å². The van der Waals surface area contributed by atoms with Crippen molar-refractivity contribution in [3.63, 3.8) is 0 Å². The van der Waals surface area contributed by atoms with Crippen LogP contribution in [-0.2, 0) is 0 Å². The van der Waals surface area contributed by atoms with E-state index in [0.717, 1.165) is 42.3 Å². The third-order valence-electron chi connectivity index (χ3n) is 3.90. The van der Waals surface area contributed by atoms with Crippen LogP contribution in [0.5, 0.6) is 0 Å². The summed E-state index contributed by atoms with van der Waals surface area (Å²) in [5.41, 5.74) is 6.74. The number of unbranched alkanes of at least 4 members (excludes halogenated alkanes) is 1. The Morgan fingerprint density at radius 3 is 2.86 bits per heavy atom. The molecule has 1 aromatic carbocycles. The zero-order valence-corrected chi connectivity index (χ0v) is 13.6. The molecule has 3 nitrogen and oxygen atoms in total. The molecule has 112 valence electrons. The van der Waals surface area contributed by atoms with Crippen LogP contribution in [0.4, 0.5) is 5.69 Å². The second kappa shape index (κ2) is 5.85. The number of rotatable bonds is 5. The molecule has 0 bridgehead atoms. The number of carbonyl (C=O) groups is 1. The molecule has 1 aromatic heterocycles. The van der Waals surface area contributed by atoms with E-state index in [1.165, 1.54) is 11.3 Å². The molecule has 1 fully saturated rings. The van der Waals surface area contributed by atoms with Crippen molar-refractivity contribution < 1.29 is 4.79 Å². The van der Waals surface area contributed by atoms with Crippen molar-refractivity contribution in [3.05, 3.63) is 28.1 Å². The number of amides is 1. The van der Waals surface area contributed by atoms with Crippen LogP contribution < -0.4 is 5.73 Å². The molecule has 21 heavy (non-hydrogen) atoms. The molecule has 1 saturated carbocycles. The van der Waals surface area contributed by atoms with Crippen LogP contribution in [0.2, 0.25) is 5.02 Å². The molecular weight excluding hydrogens is 304 g/mol. The first kappa shape index (κ1) is 14.7. The molecular formula is C16H19ClN2OS. The predicted molar refractivity (Wildman–Crippen MR) is 90.2 cm³/mol. The number of nitrogens with zero attached hydrogens (tertiary/aromatic N) is 1. The van der Waals surface area contributed by atoms with Gasteiger partial charge in [0.15, 0.2) is 0 Å². The van der Waals surface area contributed by atoms with Crippen LogP contribution in [0.3, 0.4) is 0 Å². The maximum Gasteiger partial charge on any atom is 0.266 e. The Balaban J connectivity index is 1.96. The molecule has 0 atom stereocenters. The summed E-state index contributed by atoms with van der Waals surface area (Å²) in [4.78, 5) is 15.5. The Morgan fingerprint density at radius 2 is 2.24 bits per heavy atom. The van der Waals surface area contributed by atoms with E-state index in [0.29, 0.717) is 21.6 Å². The molecule has 1 aliphatic carbocycles. The lowest BCUT2D eigenvalue weighted by Crippen LogP contribution is -2.33. The third kappa shape index (κ3) is 2.74. The van der Waals surface area contributed by atoms with Gasteiger partial charge in [0.05, 0.1) is 10.7 Å². The van der Waals surface area contributed by atoms with Crippen molar-refractivity contribution >= 4 is 44.6 Å². The molecule has 0 saturated heterocycles. The van der Waals surface area contributed by atoms with E-state index in [-0.39, 0.29) is 5.91 Å². The van der Waals surface area contributed by atoms with Gasteiger partial charge < -0.3 is 10.6 Å². The van der Waals surface area contributed by atoms with E-state index in [1.807, 2.05) is 23.1 Å². The molecule has 2 N–H and O–H groups in total. The van der Waals surface area contributed by atoms with Gasteiger partial charge >= 0.3 is 0 Å². The summed E-state index contributed by atoms with van der Waals surface area (Å²) in [7, 11) is 0. The van der Waals surface area contributed by atoms with Crippen molar-refractivity contribution in [2.24, 2.45) is 0 Å². The number of halogens is 1. The summed E-state index contributed by atoms with van der Waals surface area (Å²) in [6.07, 6.45) is 4.35. The van der Waals surface area contributed by atoms with Gasteiger partial charge in [0, 0.05) is 22.7 Å². The van der Waals surface area contributed by atoms with E-state index in [9.17, 15) is 4.79 Å². The minimum absolute atomic E-state index is 0.0701. The van der Waals surface area contributed by atoms with Crippen LogP contribution >= 0.6 is 22.9 Å². The number of anilines is 1. The molecule has 5 heteroatoms. The highest BCUT2D eigenvalue weighted by atomic mass is 35.5. The Labute approximate surface area is 133 Å². The smallest absolute Gasteiger partial charge is 0.266 e. The molecule has 0 radical (unpaired) electrons. The standard InChI is InChI=1S/C16H19ClN2OS/c1-2-3-9-19(10-7-8-10)16(20)15-14(18)13-11(17)5-4-6-12(13)21-15/h4-6,10H,2-3,7-9,18H2,1H3.